The van der Waals surface area contributed by atoms with Crippen LogP contribution in [0.5, 0.6) is 0 Å². The second-order valence-electron chi connectivity index (χ2n) is 8.03. The first-order chi connectivity index (χ1) is 16.8. The van der Waals surface area contributed by atoms with Crippen molar-refractivity contribution >= 4 is 47.3 Å². The van der Waals surface area contributed by atoms with Crippen LogP contribution in [-0.4, -0.2) is 94.6 Å². The minimum absolute atomic E-state index is 0.0296. The summed E-state index contributed by atoms with van der Waals surface area (Å²) in [6.45, 7) is 1.37. The molecule has 4 amide bonds. The molecule has 0 heterocycles. The molecule has 5 atom stereocenters. The Morgan fingerprint density at radius 1 is 0.917 bits per heavy atom. The molecule has 0 aliphatic heterocycles. The fraction of sp³-hybridized carbons (Fsp3) is 0.700. The van der Waals surface area contributed by atoms with Gasteiger partial charge in [0.1, 0.15) is 12.1 Å². The maximum Gasteiger partial charge on any atom is 0.328 e. The molecular weight excluding hydrogens is 496 g/mol. The third-order valence-corrected chi connectivity index (χ3v) is 5.55. The van der Waals surface area contributed by atoms with E-state index in [0.717, 1.165) is 0 Å². The number of aliphatic carboxylic acids is 1. The van der Waals surface area contributed by atoms with E-state index < -0.39 is 59.9 Å². The maximum atomic E-state index is 13.0. The molecule has 0 rings (SSSR count). The number of aliphatic imine (C=N–C) groups is 1. The number of nitrogens with two attached hydrogens (primary N) is 4. The summed E-state index contributed by atoms with van der Waals surface area (Å²) in [6, 6.07) is -4.97. The quantitative estimate of drug-likeness (QED) is 0.0468. The summed E-state index contributed by atoms with van der Waals surface area (Å²) < 4.78 is 0. The lowest BCUT2D eigenvalue weighted by Crippen LogP contribution is -2.58. The molecule has 206 valence electrons. The van der Waals surface area contributed by atoms with Gasteiger partial charge in [-0.05, 0) is 44.6 Å². The lowest BCUT2D eigenvalue weighted by molar-refractivity contribution is -0.145. The van der Waals surface area contributed by atoms with Crippen molar-refractivity contribution in [2.45, 2.75) is 69.3 Å². The summed E-state index contributed by atoms with van der Waals surface area (Å²) >= 11 is 1.40. The molecule has 0 bridgehead atoms. The molecule has 36 heavy (non-hydrogen) atoms. The van der Waals surface area contributed by atoms with Gasteiger partial charge in [-0.2, -0.15) is 11.8 Å². The highest BCUT2D eigenvalue weighted by Gasteiger charge is 2.31. The highest BCUT2D eigenvalue weighted by molar-refractivity contribution is 7.98. The van der Waals surface area contributed by atoms with Gasteiger partial charge < -0.3 is 49.1 Å². The SMILES string of the molecule is CSCCC(NC(=O)C(CCCN=C(N)N)NC(=O)C(N)CCC(N)=O)C(=O)NC(C(=O)O)C(C)O. The molecule has 0 aliphatic rings. The third kappa shape index (κ3) is 13.7. The van der Waals surface area contributed by atoms with Gasteiger partial charge in [0.15, 0.2) is 12.0 Å². The topological polar surface area (TPSA) is 278 Å². The summed E-state index contributed by atoms with van der Waals surface area (Å²) in [5, 5.41) is 26.1. The first kappa shape index (κ1) is 32.9. The molecule has 16 heteroatoms. The number of amides is 4. The first-order valence-electron chi connectivity index (χ1n) is 11.2. The van der Waals surface area contributed by atoms with E-state index in [1.165, 1.54) is 18.7 Å². The molecule has 15 nitrogen and oxygen atoms in total. The number of guanidine groups is 1. The van der Waals surface area contributed by atoms with Crippen LogP contribution in [0.1, 0.15) is 39.0 Å². The Balaban J connectivity index is 5.56. The Morgan fingerprint density at radius 2 is 1.47 bits per heavy atom. The van der Waals surface area contributed by atoms with E-state index in [0.29, 0.717) is 5.75 Å². The van der Waals surface area contributed by atoms with Gasteiger partial charge in [-0.1, -0.05) is 0 Å². The molecular formula is C20H38N8O7S. The zero-order valence-corrected chi connectivity index (χ0v) is 21.3. The van der Waals surface area contributed by atoms with Gasteiger partial charge in [-0.25, -0.2) is 4.79 Å². The zero-order chi connectivity index (χ0) is 27.8. The van der Waals surface area contributed by atoms with Crippen molar-refractivity contribution in [2.75, 3.05) is 18.6 Å². The molecule has 0 aromatic rings. The molecule has 0 aromatic heterocycles. The smallest absolute Gasteiger partial charge is 0.328 e. The van der Waals surface area contributed by atoms with Crippen LogP contribution in [0.2, 0.25) is 0 Å². The average Bonchev–Trinajstić information content (AvgIpc) is 2.79. The number of carboxylic acid groups (broad SMARTS) is 1. The number of carbonyl (C=O) groups is 5. The summed E-state index contributed by atoms with van der Waals surface area (Å²) in [4.78, 5) is 64.4. The normalized spacial score (nSPS) is 14.9. The van der Waals surface area contributed by atoms with E-state index in [1.54, 1.807) is 6.26 Å². The largest absolute Gasteiger partial charge is 0.480 e. The predicted octanol–water partition coefficient (Wildman–Crippen LogP) is -3.69. The molecule has 0 saturated carbocycles. The monoisotopic (exact) mass is 534 g/mol. The number of carboxylic acids is 1. The van der Waals surface area contributed by atoms with E-state index in [-0.39, 0.29) is 44.6 Å². The fourth-order valence-electron chi connectivity index (χ4n) is 2.90. The molecule has 0 aromatic carbocycles. The summed E-state index contributed by atoms with van der Waals surface area (Å²) in [5.41, 5.74) is 21.4. The number of aliphatic hydroxyl groups is 1. The van der Waals surface area contributed by atoms with E-state index in [1.807, 2.05) is 0 Å². The van der Waals surface area contributed by atoms with Gasteiger partial charge in [0.05, 0.1) is 12.1 Å². The summed E-state index contributed by atoms with van der Waals surface area (Å²) in [7, 11) is 0. The van der Waals surface area contributed by atoms with Gasteiger partial charge in [0.25, 0.3) is 0 Å². The third-order valence-electron chi connectivity index (χ3n) is 4.91. The number of hydrogen-bond donors (Lipinski definition) is 9. The Bertz CT molecular complexity index is 792. The van der Waals surface area contributed by atoms with Crippen molar-refractivity contribution in [1.29, 1.82) is 0 Å². The van der Waals surface area contributed by atoms with Crippen LogP contribution in [0.4, 0.5) is 0 Å². The Morgan fingerprint density at radius 3 is 1.97 bits per heavy atom. The molecule has 13 N–H and O–H groups in total. The number of primary amides is 1. The van der Waals surface area contributed by atoms with Gasteiger partial charge in [-0.3, -0.25) is 24.2 Å². The van der Waals surface area contributed by atoms with Gasteiger partial charge in [0, 0.05) is 13.0 Å². The van der Waals surface area contributed by atoms with E-state index in [9.17, 15) is 34.2 Å². The highest BCUT2D eigenvalue weighted by Crippen LogP contribution is 2.06. The van der Waals surface area contributed by atoms with Crippen molar-refractivity contribution < 1.29 is 34.2 Å². The standard InChI is InChI=1S/C20H38N8O7S/c1-10(29)15(19(34)35)28-18(33)13(7-9-36-2)27-17(32)12(4-3-8-25-20(23)24)26-16(31)11(21)5-6-14(22)30/h10-13,15,29H,3-9,21H2,1-2H3,(H2,22,30)(H,26,31)(H,27,32)(H,28,33)(H,34,35)(H4,23,24,25). The van der Waals surface area contributed by atoms with Crippen LogP contribution in [0.15, 0.2) is 4.99 Å². The van der Waals surface area contributed by atoms with Crippen LogP contribution in [0.3, 0.4) is 0 Å². The number of rotatable bonds is 18. The average molecular weight is 535 g/mol. The van der Waals surface area contributed by atoms with E-state index in [4.69, 9.17) is 22.9 Å². The first-order valence-corrected chi connectivity index (χ1v) is 12.6. The summed E-state index contributed by atoms with van der Waals surface area (Å²) in [5.74, 6) is -4.01. The van der Waals surface area contributed by atoms with E-state index in [2.05, 4.69) is 20.9 Å². The number of carbonyl (C=O) groups excluding carboxylic acids is 4. The molecule has 0 saturated heterocycles. The van der Waals surface area contributed by atoms with Crippen molar-refractivity contribution in [2.24, 2.45) is 27.9 Å². The number of hydrogen-bond acceptors (Lipinski definition) is 9. The lowest BCUT2D eigenvalue weighted by Gasteiger charge is -2.25. The molecule has 0 radical (unpaired) electrons. The van der Waals surface area contributed by atoms with Crippen LogP contribution in [0.25, 0.3) is 0 Å². The number of thioether (sulfide) groups is 1. The van der Waals surface area contributed by atoms with Crippen molar-refractivity contribution in [3.8, 4) is 0 Å². The number of aliphatic hydroxyl groups excluding tert-OH is 1. The van der Waals surface area contributed by atoms with Crippen LogP contribution in [0, 0.1) is 0 Å². The molecule has 0 fully saturated rings. The predicted molar refractivity (Wildman–Crippen MR) is 134 cm³/mol. The number of nitrogens with zero attached hydrogens (tertiary/aromatic N) is 1. The van der Waals surface area contributed by atoms with Crippen LogP contribution in [-0.2, 0) is 24.0 Å². The second kappa shape index (κ2) is 17.3. The fourth-order valence-corrected chi connectivity index (χ4v) is 3.37. The Labute approximate surface area is 213 Å². The second-order valence-corrected chi connectivity index (χ2v) is 9.01. The Kier molecular flexibility index (Phi) is 15.8. The summed E-state index contributed by atoms with van der Waals surface area (Å²) in [6.07, 6.45) is 0.771. The van der Waals surface area contributed by atoms with Crippen molar-refractivity contribution in [3.05, 3.63) is 0 Å². The molecule has 0 aliphatic carbocycles. The molecule has 5 unspecified atom stereocenters. The maximum absolute atomic E-state index is 13.0. The van der Waals surface area contributed by atoms with Crippen LogP contribution < -0.4 is 38.9 Å². The zero-order valence-electron chi connectivity index (χ0n) is 20.4. The van der Waals surface area contributed by atoms with Crippen LogP contribution >= 0.6 is 11.8 Å². The molecule has 0 spiro atoms. The highest BCUT2D eigenvalue weighted by atomic mass is 32.2. The lowest BCUT2D eigenvalue weighted by atomic mass is 10.1. The van der Waals surface area contributed by atoms with Crippen molar-refractivity contribution in [3.63, 3.8) is 0 Å². The Hall–Kier alpha value is -3.11. The van der Waals surface area contributed by atoms with Gasteiger partial charge in [0.2, 0.25) is 23.6 Å². The van der Waals surface area contributed by atoms with Gasteiger partial charge >= 0.3 is 5.97 Å². The minimum atomic E-state index is -1.58. The minimum Gasteiger partial charge on any atom is -0.480 e. The van der Waals surface area contributed by atoms with Crippen molar-refractivity contribution in [1.82, 2.24) is 16.0 Å². The number of nitrogens with one attached hydrogen (secondary N) is 3. The van der Waals surface area contributed by atoms with Gasteiger partial charge in [-0.15, -0.1) is 0 Å². The van der Waals surface area contributed by atoms with E-state index >= 15 is 0 Å².